The van der Waals surface area contributed by atoms with Crippen LogP contribution in [0.15, 0.2) is 6.20 Å². The summed E-state index contributed by atoms with van der Waals surface area (Å²) in [7, 11) is 1.82. The SMILES string of the molecule is CCCC1CCCCN1Cc1c(C(=O)O)cnn1C. The van der Waals surface area contributed by atoms with E-state index in [4.69, 9.17) is 0 Å². The molecule has 1 unspecified atom stereocenters. The molecule has 1 saturated heterocycles. The van der Waals surface area contributed by atoms with Crippen LogP contribution in [0, 0.1) is 0 Å². The highest BCUT2D eigenvalue weighted by Gasteiger charge is 2.25. The molecule has 1 fully saturated rings. The lowest BCUT2D eigenvalue weighted by molar-refractivity contribution is 0.0691. The van der Waals surface area contributed by atoms with Crippen molar-refractivity contribution in [2.75, 3.05) is 6.54 Å². The van der Waals surface area contributed by atoms with Crippen LogP contribution in [0.3, 0.4) is 0 Å². The number of piperidine rings is 1. The second-order valence-electron chi connectivity index (χ2n) is 5.34. The maximum atomic E-state index is 11.2. The molecule has 1 N–H and O–H groups in total. The van der Waals surface area contributed by atoms with Gasteiger partial charge in [0, 0.05) is 19.6 Å². The number of hydrogen-bond acceptors (Lipinski definition) is 3. The minimum absolute atomic E-state index is 0.336. The zero-order chi connectivity index (χ0) is 13.8. The van der Waals surface area contributed by atoms with Gasteiger partial charge in [0.25, 0.3) is 0 Å². The largest absolute Gasteiger partial charge is 0.478 e. The van der Waals surface area contributed by atoms with Crippen LogP contribution in [-0.2, 0) is 13.6 Å². The van der Waals surface area contributed by atoms with E-state index in [1.807, 2.05) is 7.05 Å². The molecule has 0 aliphatic carbocycles. The van der Waals surface area contributed by atoms with Gasteiger partial charge in [0.15, 0.2) is 0 Å². The Bertz CT molecular complexity index is 440. The average molecular weight is 265 g/mol. The summed E-state index contributed by atoms with van der Waals surface area (Å²) < 4.78 is 1.70. The van der Waals surface area contributed by atoms with Gasteiger partial charge in [-0.25, -0.2) is 4.79 Å². The summed E-state index contributed by atoms with van der Waals surface area (Å²) in [6.45, 7) is 3.97. The molecular weight excluding hydrogens is 242 g/mol. The lowest BCUT2D eigenvalue weighted by atomic mass is 9.98. The van der Waals surface area contributed by atoms with Gasteiger partial charge < -0.3 is 5.11 Å². The number of hydrogen-bond donors (Lipinski definition) is 1. The van der Waals surface area contributed by atoms with E-state index < -0.39 is 5.97 Å². The normalized spacial score (nSPS) is 20.6. The van der Waals surface area contributed by atoms with E-state index in [-0.39, 0.29) is 0 Å². The molecule has 0 spiro atoms. The minimum atomic E-state index is -0.882. The van der Waals surface area contributed by atoms with E-state index >= 15 is 0 Å². The Kier molecular flexibility index (Phi) is 4.58. The van der Waals surface area contributed by atoms with Crippen LogP contribution < -0.4 is 0 Å². The molecule has 2 rings (SSSR count). The van der Waals surface area contributed by atoms with Gasteiger partial charge in [-0.1, -0.05) is 19.8 Å². The Morgan fingerprint density at radius 2 is 2.32 bits per heavy atom. The number of aromatic carboxylic acids is 1. The highest BCUT2D eigenvalue weighted by atomic mass is 16.4. The summed E-state index contributed by atoms with van der Waals surface area (Å²) in [5, 5.41) is 13.3. The van der Waals surface area contributed by atoms with Gasteiger partial charge in [-0.2, -0.15) is 5.10 Å². The first-order valence-corrected chi connectivity index (χ1v) is 7.11. The number of nitrogens with zero attached hydrogens (tertiary/aromatic N) is 3. The first kappa shape index (κ1) is 14.1. The number of carboxylic acids is 1. The number of likely N-dealkylation sites (tertiary alicyclic amines) is 1. The summed E-state index contributed by atoms with van der Waals surface area (Å²) in [6.07, 6.45) is 7.56. The van der Waals surface area contributed by atoms with Crippen LogP contribution in [0.25, 0.3) is 0 Å². The number of carbonyl (C=O) groups is 1. The quantitative estimate of drug-likeness (QED) is 0.887. The predicted octanol–water partition coefficient (Wildman–Crippen LogP) is 2.27. The zero-order valence-corrected chi connectivity index (χ0v) is 11.8. The summed E-state index contributed by atoms with van der Waals surface area (Å²) in [6, 6.07) is 0.593. The van der Waals surface area contributed by atoms with Crippen LogP contribution >= 0.6 is 0 Å². The van der Waals surface area contributed by atoms with Crippen molar-refractivity contribution < 1.29 is 9.90 Å². The molecule has 1 aromatic rings. The first-order valence-electron chi connectivity index (χ1n) is 7.11. The van der Waals surface area contributed by atoms with Crippen LogP contribution in [0.2, 0.25) is 0 Å². The van der Waals surface area contributed by atoms with Crippen molar-refractivity contribution in [1.29, 1.82) is 0 Å². The Morgan fingerprint density at radius 3 is 3.00 bits per heavy atom. The smallest absolute Gasteiger partial charge is 0.339 e. The molecular formula is C14H23N3O2. The standard InChI is InChI=1S/C14H23N3O2/c1-3-6-11-7-4-5-8-17(11)10-13-12(14(18)19)9-15-16(13)2/h9,11H,3-8,10H2,1-2H3,(H,18,19). The van der Waals surface area contributed by atoms with Crippen LogP contribution in [0.5, 0.6) is 0 Å². The van der Waals surface area contributed by atoms with E-state index in [2.05, 4.69) is 16.9 Å². The summed E-state index contributed by atoms with van der Waals surface area (Å²) >= 11 is 0. The maximum Gasteiger partial charge on any atom is 0.339 e. The third-order valence-corrected chi connectivity index (χ3v) is 4.02. The Balaban J connectivity index is 2.14. The lowest BCUT2D eigenvalue weighted by Crippen LogP contribution is -2.39. The van der Waals surface area contributed by atoms with E-state index in [9.17, 15) is 9.90 Å². The minimum Gasteiger partial charge on any atom is -0.478 e. The average Bonchev–Trinajstić information content (AvgIpc) is 2.74. The molecule has 0 aromatic carbocycles. The number of rotatable bonds is 5. The van der Waals surface area contributed by atoms with Crippen LogP contribution in [0.1, 0.15) is 55.1 Å². The molecule has 5 heteroatoms. The summed E-state index contributed by atoms with van der Waals surface area (Å²) in [5.41, 5.74) is 1.15. The van der Waals surface area contributed by atoms with Gasteiger partial charge in [0.2, 0.25) is 0 Å². The monoisotopic (exact) mass is 265 g/mol. The topological polar surface area (TPSA) is 58.4 Å². The van der Waals surface area contributed by atoms with E-state index in [1.54, 1.807) is 4.68 Å². The number of aryl methyl sites for hydroxylation is 1. The fourth-order valence-corrected chi connectivity index (χ4v) is 2.95. The van der Waals surface area contributed by atoms with Gasteiger partial charge in [-0.15, -0.1) is 0 Å². The Hall–Kier alpha value is -1.36. The Labute approximate surface area is 114 Å². The second kappa shape index (κ2) is 6.19. The third kappa shape index (κ3) is 3.15. The van der Waals surface area contributed by atoms with E-state index in [1.165, 1.54) is 38.3 Å². The molecule has 1 aliphatic heterocycles. The first-order chi connectivity index (χ1) is 9.13. The second-order valence-corrected chi connectivity index (χ2v) is 5.34. The van der Waals surface area contributed by atoms with Gasteiger partial charge in [0.05, 0.1) is 11.9 Å². The van der Waals surface area contributed by atoms with Crippen molar-refractivity contribution in [3.8, 4) is 0 Å². The predicted molar refractivity (Wildman–Crippen MR) is 73.1 cm³/mol. The molecule has 0 radical (unpaired) electrons. The molecule has 1 atom stereocenters. The van der Waals surface area contributed by atoms with Crippen molar-refractivity contribution in [1.82, 2.24) is 14.7 Å². The molecule has 5 nitrogen and oxygen atoms in total. The van der Waals surface area contributed by atoms with Crippen LogP contribution in [-0.4, -0.2) is 38.3 Å². The van der Waals surface area contributed by atoms with Gasteiger partial charge >= 0.3 is 5.97 Å². The third-order valence-electron chi connectivity index (χ3n) is 4.02. The Morgan fingerprint density at radius 1 is 1.53 bits per heavy atom. The van der Waals surface area contributed by atoms with Crippen molar-refractivity contribution >= 4 is 5.97 Å². The molecule has 0 bridgehead atoms. The molecule has 106 valence electrons. The maximum absolute atomic E-state index is 11.2. The highest BCUT2D eigenvalue weighted by molar-refractivity contribution is 5.88. The molecule has 1 aromatic heterocycles. The summed E-state index contributed by atoms with van der Waals surface area (Å²) in [5.74, 6) is -0.882. The van der Waals surface area contributed by atoms with Gasteiger partial charge in [-0.3, -0.25) is 9.58 Å². The number of aromatic nitrogens is 2. The van der Waals surface area contributed by atoms with Crippen molar-refractivity contribution in [2.45, 2.75) is 51.6 Å². The molecule has 19 heavy (non-hydrogen) atoms. The van der Waals surface area contributed by atoms with Gasteiger partial charge in [-0.05, 0) is 25.8 Å². The molecule has 1 aliphatic rings. The van der Waals surface area contributed by atoms with Crippen LogP contribution in [0.4, 0.5) is 0 Å². The van der Waals surface area contributed by atoms with Crippen molar-refractivity contribution in [3.63, 3.8) is 0 Å². The fourth-order valence-electron chi connectivity index (χ4n) is 2.95. The lowest BCUT2D eigenvalue weighted by Gasteiger charge is -2.35. The molecule has 0 amide bonds. The fraction of sp³-hybridized carbons (Fsp3) is 0.714. The van der Waals surface area contributed by atoms with E-state index in [0.29, 0.717) is 18.2 Å². The molecule has 0 saturated carbocycles. The van der Waals surface area contributed by atoms with Crippen molar-refractivity contribution in [3.05, 3.63) is 17.5 Å². The number of carboxylic acid groups (broad SMARTS) is 1. The van der Waals surface area contributed by atoms with Crippen molar-refractivity contribution in [2.24, 2.45) is 7.05 Å². The molecule has 2 heterocycles. The van der Waals surface area contributed by atoms with Gasteiger partial charge in [0.1, 0.15) is 5.56 Å². The van der Waals surface area contributed by atoms with E-state index in [0.717, 1.165) is 12.2 Å². The highest BCUT2D eigenvalue weighted by Crippen LogP contribution is 2.23. The summed E-state index contributed by atoms with van der Waals surface area (Å²) in [4.78, 5) is 13.6. The zero-order valence-electron chi connectivity index (χ0n) is 11.8.